The fourth-order valence-corrected chi connectivity index (χ4v) is 2.70. The Labute approximate surface area is 138 Å². The third-order valence-corrected chi connectivity index (χ3v) is 4.15. The van der Waals surface area contributed by atoms with E-state index in [1.807, 2.05) is 6.07 Å². The van der Waals surface area contributed by atoms with Crippen molar-refractivity contribution in [1.82, 2.24) is 4.90 Å². The Hall–Kier alpha value is -1.51. The summed E-state index contributed by atoms with van der Waals surface area (Å²) < 4.78 is 0. The van der Waals surface area contributed by atoms with Crippen LogP contribution in [0.3, 0.4) is 0 Å². The number of hydrogen-bond acceptors (Lipinski definition) is 2. The van der Waals surface area contributed by atoms with Crippen LogP contribution in [0.1, 0.15) is 24.5 Å². The fourth-order valence-electron chi connectivity index (χ4n) is 2.58. The highest BCUT2D eigenvalue weighted by molar-refractivity contribution is 6.31. The molecule has 1 N–H and O–H groups in total. The van der Waals surface area contributed by atoms with Gasteiger partial charge in [0.05, 0.1) is 5.02 Å². The first-order valence-corrected chi connectivity index (χ1v) is 8.30. The Bertz CT molecular complexity index is 571. The van der Waals surface area contributed by atoms with E-state index in [4.69, 9.17) is 11.6 Å². The van der Waals surface area contributed by atoms with Crippen molar-refractivity contribution in [3.8, 4) is 5.75 Å². The lowest BCUT2D eigenvalue weighted by molar-refractivity contribution is 0.281. The zero-order valence-electron chi connectivity index (χ0n) is 13.1. The van der Waals surface area contributed by atoms with Gasteiger partial charge in [-0.2, -0.15) is 0 Å². The van der Waals surface area contributed by atoms with E-state index in [0.717, 1.165) is 44.5 Å². The summed E-state index contributed by atoms with van der Waals surface area (Å²) in [4.78, 5) is 2.48. The second-order valence-electron chi connectivity index (χ2n) is 5.61. The molecule has 22 heavy (non-hydrogen) atoms. The molecule has 2 aromatic carbocycles. The second-order valence-corrected chi connectivity index (χ2v) is 6.02. The molecule has 0 saturated carbocycles. The van der Waals surface area contributed by atoms with Crippen molar-refractivity contribution < 1.29 is 5.11 Å². The van der Waals surface area contributed by atoms with Gasteiger partial charge in [0.15, 0.2) is 0 Å². The molecule has 0 aromatic heterocycles. The molecule has 0 aliphatic carbocycles. The van der Waals surface area contributed by atoms with Crippen LogP contribution in [0.4, 0.5) is 0 Å². The van der Waals surface area contributed by atoms with Crippen molar-refractivity contribution in [1.29, 1.82) is 0 Å². The van der Waals surface area contributed by atoms with Crippen LogP contribution in [-0.4, -0.2) is 29.6 Å². The first-order chi connectivity index (χ1) is 10.7. The molecule has 0 fully saturated rings. The molecule has 0 spiro atoms. The highest BCUT2D eigenvalue weighted by Crippen LogP contribution is 2.23. The summed E-state index contributed by atoms with van der Waals surface area (Å²) >= 11 is 5.85. The molecule has 0 aliphatic heterocycles. The number of aromatic hydroxyl groups is 1. The maximum Gasteiger partial charge on any atom is 0.134 e. The molecule has 0 atom stereocenters. The molecule has 2 aromatic rings. The predicted octanol–water partition coefficient (Wildman–Crippen LogP) is 4.54. The molecule has 0 unspecified atom stereocenters. The van der Waals surface area contributed by atoms with E-state index >= 15 is 0 Å². The van der Waals surface area contributed by atoms with Crippen molar-refractivity contribution in [3.63, 3.8) is 0 Å². The lowest BCUT2D eigenvalue weighted by atomic mass is 10.1. The molecule has 0 aliphatic rings. The van der Waals surface area contributed by atoms with Crippen LogP contribution >= 0.6 is 11.6 Å². The van der Waals surface area contributed by atoms with Crippen molar-refractivity contribution in [2.24, 2.45) is 0 Å². The lowest BCUT2D eigenvalue weighted by Gasteiger charge is -2.21. The Kier molecular flexibility index (Phi) is 6.75. The lowest BCUT2D eigenvalue weighted by Crippen LogP contribution is -2.29. The van der Waals surface area contributed by atoms with Crippen LogP contribution in [-0.2, 0) is 12.8 Å². The first-order valence-electron chi connectivity index (χ1n) is 7.92. The first kappa shape index (κ1) is 16.9. The molecular formula is C19H24ClNO. The van der Waals surface area contributed by atoms with Gasteiger partial charge in [0.25, 0.3) is 0 Å². The van der Waals surface area contributed by atoms with Gasteiger partial charge >= 0.3 is 0 Å². The summed E-state index contributed by atoms with van der Waals surface area (Å²) in [7, 11) is 0. The summed E-state index contributed by atoms with van der Waals surface area (Å²) in [6, 6.07) is 16.1. The normalized spacial score (nSPS) is 11.0. The highest BCUT2D eigenvalue weighted by Gasteiger charge is 2.06. The van der Waals surface area contributed by atoms with E-state index in [9.17, 15) is 5.11 Å². The van der Waals surface area contributed by atoms with Crippen LogP contribution in [0.15, 0.2) is 48.5 Å². The smallest absolute Gasteiger partial charge is 0.134 e. The maximum atomic E-state index is 9.68. The van der Waals surface area contributed by atoms with Crippen molar-refractivity contribution >= 4 is 11.6 Å². The van der Waals surface area contributed by atoms with E-state index in [2.05, 4.69) is 42.2 Å². The minimum absolute atomic E-state index is 0.172. The van der Waals surface area contributed by atoms with Gasteiger partial charge in [-0.3, -0.25) is 0 Å². The predicted molar refractivity (Wildman–Crippen MR) is 93.7 cm³/mol. The molecule has 3 heteroatoms. The zero-order chi connectivity index (χ0) is 15.8. The van der Waals surface area contributed by atoms with Gasteiger partial charge in [-0.05, 0) is 49.1 Å². The van der Waals surface area contributed by atoms with E-state index in [-0.39, 0.29) is 5.75 Å². The van der Waals surface area contributed by atoms with Crippen LogP contribution < -0.4 is 0 Å². The van der Waals surface area contributed by atoms with Gasteiger partial charge in [0, 0.05) is 13.1 Å². The third-order valence-electron chi connectivity index (χ3n) is 3.83. The van der Waals surface area contributed by atoms with E-state index in [1.165, 1.54) is 5.56 Å². The summed E-state index contributed by atoms with van der Waals surface area (Å²) in [5.41, 5.74) is 2.51. The zero-order valence-corrected chi connectivity index (χ0v) is 13.9. The minimum Gasteiger partial charge on any atom is -0.506 e. The summed E-state index contributed by atoms with van der Waals surface area (Å²) in [6.07, 6.45) is 3.16. The minimum atomic E-state index is 0.172. The quantitative estimate of drug-likeness (QED) is 0.772. The standard InChI is InChI=1S/C19H24ClNO/c1-2-12-21(13-10-16-6-4-3-5-7-16)14-11-17-8-9-18(20)19(22)15-17/h3-9,15,22H,2,10-14H2,1H3. The van der Waals surface area contributed by atoms with Crippen LogP contribution in [0.2, 0.25) is 5.02 Å². The van der Waals surface area contributed by atoms with Crippen molar-refractivity contribution in [3.05, 3.63) is 64.7 Å². The molecule has 0 amide bonds. The highest BCUT2D eigenvalue weighted by atomic mass is 35.5. The Balaban J connectivity index is 1.86. The number of rotatable bonds is 8. The SMILES string of the molecule is CCCN(CCc1ccccc1)CCc1ccc(Cl)c(O)c1. The monoisotopic (exact) mass is 317 g/mol. The van der Waals surface area contributed by atoms with Gasteiger partial charge in [0.2, 0.25) is 0 Å². The van der Waals surface area contributed by atoms with E-state index in [1.54, 1.807) is 12.1 Å². The number of nitrogens with zero attached hydrogens (tertiary/aromatic N) is 1. The Morgan fingerprint density at radius 2 is 1.59 bits per heavy atom. The van der Waals surface area contributed by atoms with Gasteiger partial charge in [-0.25, -0.2) is 0 Å². The molecule has 2 rings (SSSR count). The third kappa shape index (κ3) is 5.36. The molecule has 0 saturated heterocycles. The van der Waals surface area contributed by atoms with E-state index in [0.29, 0.717) is 5.02 Å². The van der Waals surface area contributed by atoms with Gasteiger partial charge in [0.1, 0.15) is 5.75 Å². The van der Waals surface area contributed by atoms with Gasteiger partial charge in [-0.15, -0.1) is 0 Å². The van der Waals surface area contributed by atoms with Gasteiger partial charge in [-0.1, -0.05) is 54.9 Å². The molecule has 0 radical (unpaired) electrons. The topological polar surface area (TPSA) is 23.5 Å². The molecule has 0 bridgehead atoms. The number of phenols is 1. The number of benzene rings is 2. The molecule has 118 valence electrons. The van der Waals surface area contributed by atoms with Crippen molar-refractivity contribution in [2.45, 2.75) is 26.2 Å². The summed E-state index contributed by atoms with van der Waals surface area (Å²) in [6.45, 7) is 5.38. The summed E-state index contributed by atoms with van der Waals surface area (Å²) in [5, 5.41) is 10.1. The molecular weight excluding hydrogens is 294 g/mol. The van der Waals surface area contributed by atoms with Crippen LogP contribution in [0, 0.1) is 0 Å². The Morgan fingerprint density at radius 3 is 2.23 bits per heavy atom. The van der Waals surface area contributed by atoms with Crippen LogP contribution in [0.25, 0.3) is 0 Å². The molecule has 2 nitrogen and oxygen atoms in total. The van der Waals surface area contributed by atoms with Crippen LogP contribution in [0.5, 0.6) is 5.75 Å². The summed E-state index contributed by atoms with van der Waals surface area (Å²) in [5.74, 6) is 0.172. The fraction of sp³-hybridized carbons (Fsp3) is 0.368. The van der Waals surface area contributed by atoms with Gasteiger partial charge < -0.3 is 10.0 Å². The van der Waals surface area contributed by atoms with E-state index < -0.39 is 0 Å². The molecule has 0 heterocycles. The average Bonchev–Trinajstić information content (AvgIpc) is 2.54. The largest absolute Gasteiger partial charge is 0.506 e. The number of phenolic OH excluding ortho intramolecular Hbond substituents is 1. The maximum absolute atomic E-state index is 9.68. The van der Waals surface area contributed by atoms with Crippen molar-refractivity contribution in [2.75, 3.05) is 19.6 Å². The Morgan fingerprint density at radius 1 is 0.909 bits per heavy atom. The number of halogens is 1. The average molecular weight is 318 g/mol. The number of hydrogen-bond donors (Lipinski definition) is 1. The second kappa shape index (κ2) is 8.82.